The Hall–Kier alpha value is 1.88. The van der Waals surface area contributed by atoms with Gasteiger partial charge in [-0.25, -0.2) is 0 Å². The van der Waals surface area contributed by atoms with Crippen LogP contribution in [0.4, 0.5) is 0 Å². The van der Waals surface area contributed by atoms with E-state index in [-0.39, 0.29) is 0 Å². The lowest BCUT2D eigenvalue weighted by atomic mass is 10.1. The Labute approximate surface area is 131 Å². The van der Waals surface area contributed by atoms with Gasteiger partial charge in [0.1, 0.15) is 0 Å². The first-order valence-electron chi connectivity index (χ1n) is 6.26. The zero-order valence-electron chi connectivity index (χ0n) is 10.3. The van der Waals surface area contributed by atoms with Gasteiger partial charge < -0.3 is 0 Å². The summed E-state index contributed by atoms with van der Waals surface area (Å²) in [5.74, 6) is 0. The maximum absolute atomic E-state index is 6.16. The topological polar surface area (TPSA) is 0 Å². The third kappa shape index (κ3) is 9.42. The van der Waals surface area contributed by atoms with E-state index in [0.717, 1.165) is 12.8 Å². The Balaban J connectivity index is 3.46. The van der Waals surface area contributed by atoms with Crippen LogP contribution in [0, 0.1) is 0 Å². The van der Waals surface area contributed by atoms with Crippen LogP contribution in [0.25, 0.3) is 0 Å². The molecule has 17 heavy (non-hydrogen) atoms. The summed E-state index contributed by atoms with van der Waals surface area (Å²) in [7, 11) is 0. The minimum atomic E-state index is -2.88. The Kier molecular flexibility index (Phi) is 10.8. The third-order valence-electron chi connectivity index (χ3n) is 2.76. The van der Waals surface area contributed by atoms with Crippen LogP contribution < -0.4 is 0 Å². The summed E-state index contributed by atoms with van der Waals surface area (Å²) in [5.41, 5.74) is -2.88. The van der Waals surface area contributed by atoms with Gasteiger partial charge in [-0.05, 0) is 6.04 Å². The van der Waals surface area contributed by atoms with Crippen molar-refractivity contribution in [1.29, 1.82) is 0 Å². The van der Waals surface area contributed by atoms with Crippen molar-refractivity contribution in [1.82, 2.24) is 0 Å². The van der Waals surface area contributed by atoms with E-state index in [2.05, 4.69) is 6.92 Å². The van der Waals surface area contributed by atoms with E-state index in [9.17, 15) is 0 Å². The molecule has 7 heteroatoms. The first-order valence-corrected chi connectivity index (χ1v) is 16.5. The zero-order chi connectivity index (χ0) is 13.4. The summed E-state index contributed by atoms with van der Waals surface area (Å²) in [4.78, 5) is 0. The van der Waals surface area contributed by atoms with E-state index < -0.39 is 11.7 Å². The van der Waals surface area contributed by atoms with E-state index in [1.807, 2.05) is 0 Å². The maximum atomic E-state index is 6.16. The van der Waals surface area contributed by atoms with Crippen LogP contribution in [0.2, 0.25) is 6.04 Å². The van der Waals surface area contributed by atoms with Gasteiger partial charge in [0.05, 0.1) is 0 Å². The maximum Gasteiger partial charge on any atom is 0.358 e. The Morgan fingerprint density at radius 2 is 1.06 bits per heavy atom. The first-order chi connectivity index (χ1) is 7.81. The molecule has 104 valence electrons. The molecule has 0 aromatic carbocycles. The van der Waals surface area contributed by atoms with Gasteiger partial charge in [-0.15, -0.1) is 55.4 Å². The molecule has 0 rings (SSSR count). The summed E-state index contributed by atoms with van der Waals surface area (Å²) in [6.45, 7) is 2.23. The van der Waals surface area contributed by atoms with Gasteiger partial charge in [0.15, 0.2) is 0 Å². The highest BCUT2D eigenvalue weighted by molar-refractivity contribution is 8.02. The van der Waals surface area contributed by atoms with Crippen LogP contribution in [-0.4, -0.2) is 11.7 Å². The molecule has 0 amide bonds. The molecule has 0 atom stereocenters. The fourth-order valence-corrected chi connectivity index (χ4v) is 7.33. The van der Waals surface area contributed by atoms with Gasteiger partial charge >= 0.3 is 5.52 Å². The number of unbranched alkanes of at least 4 members (excludes halogenated alkanes) is 7. The molecule has 0 bridgehead atoms. The van der Waals surface area contributed by atoms with E-state index in [1.165, 1.54) is 38.5 Å². The highest BCUT2D eigenvalue weighted by Crippen LogP contribution is 2.41. The van der Waals surface area contributed by atoms with Crippen LogP contribution in [0.1, 0.15) is 58.3 Å². The molecular formula is C10H21Cl5Si2. The Morgan fingerprint density at radius 3 is 1.47 bits per heavy atom. The quantitative estimate of drug-likeness (QED) is 0.224. The standard InChI is InChI=1S/C10H21Cl5Si2/c1-2-3-4-5-6-7-8-9-10-16(11,12)17(13,14)15/h2-10H2,1H3. The molecule has 0 aromatic rings. The van der Waals surface area contributed by atoms with Crippen LogP contribution in [0.3, 0.4) is 0 Å². The Morgan fingerprint density at radius 1 is 0.647 bits per heavy atom. The van der Waals surface area contributed by atoms with Crippen molar-refractivity contribution >= 4 is 67.1 Å². The highest BCUT2D eigenvalue weighted by atomic mass is 35.9. The van der Waals surface area contributed by atoms with Gasteiger partial charge in [-0.3, -0.25) is 0 Å². The van der Waals surface area contributed by atoms with Gasteiger partial charge in [0, 0.05) is 0 Å². The average molecular weight is 375 g/mol. The Bertz CT molecular complexity index is 194. The van der Waals surface area contributed by atoms with Crippen LogP contribution >= 0.6 is 55.4 Å². The molecule has 0 fully saturated rings. The highest BCUT2D eigenvalue weighted by Gasteiger charge is 2.52. The van der Waals surface area contributed by atoms with Crippen molar-refractivity contribution in [3.63, 3.8) is 0 Å². The molecule has 0 aliphatic carbocycles. The molecule has 0 N–H and O–H groups in total. The van der Waals surface area contributed by atoms with Crippen LogP contribution in [0.15, 0.2) is 0 Å². The molecule has 0 heterocycles. The monoisotopic (exact) mass is 372 g/mol. The lowest BCUT2D eigenvalue weighted by Crippen LogP contribution is -2.42. The minimum absolute atomic E-state index is 0.716. The number of rotatable bonds is 10. The van der Waals surface area contributed by atoms with Crippen molar-refractivity contribution in [2.75, 3.05) is 0 Å². The minimum Gasteiger partial charge on any atom is -0.145 e. The fraction of sp³-hybridized carbons (Fsp3) is 1.00. The molecule has 0 nitrogen and oxygen atoms in total. The molecule has 0 unspecified atom stereocenters. The zero-order valence-corrected chi connectivity index (χ0v) is 16.0. The second-order valence-corrected chi connectivity index (χ2v) is 28.2. The fourth-order valence-electron chi connectivity index (χ4n) is 1.62. The summed E-state index contributed by atoms with van der Waals surface area (Å²) in [5, 5.41) is 0. The molecule has 0 spiro atoms. The SMILES string of the molecule is CCCCCCCCCC[Si](Cl)(Cl)[Si](Cl)(Cl)Cl. The molecular weight excluding hydrogens is 354 g/mol. The van der Waals surface area contributed by atoms with E-state index in [4.69, 9.17) is 55.4 Å². The van der Waals surface area contributed by atoms with Crippen molar-refractivity contribution in [2.45, 2.75) is 64.3 Å². The molecule has 0 aromatic heterocycles. The van der Waals surface area contributed by atoms with E-state index >= 15 is 0 Å². The van der Waals surface area contributed by atoms with E-state index in [0.29, 0.717) is 6.04 Å². The molecule has 0 aliphatic rings. The van der Waals surface area contributed by atoms with Gasteiger partial charge in [-0.1, -0.05) is 58.3 Å². The number of hydrogen-bond donors (Lipinski definition) is 0. The van der Waals surface area contributed by atoms with Crippen LogP contribution in [-0.2, 0) is 0 Å². The summed E-state index contributed by atoms with van der Waals surface area (Å²) in [6.07, 6.45) is 7.39. The van der Waals surface area contributed by atoms with Crippen molar-refractivity contribution < 1.29 is 0 Å². The lowest BCUT2D eigenvalue weighted by molar-refractivity contribution is 0.585. The van der Waals surface area contributed by atoms with Crippen molar-refractivity contribution in [2.24, 2.45) is 0 Å². The lowest BCUT2D eigenvalue weighted by Gasteiger charge is -2.21. The van der Waals surface area contributed by atoms with Crippen LogP contribution in [0.5, 0.6) is 0 Å². The average Bonchev–Trinajstić information content (AvgIpc) is 2.20. The largest absolute Gasteiger partial charge is 0.358 e. The second kappa shape index (κ2) is 9.74. The third-order valence-corrected chi connectivity index (χ3v) is 28.0. The van der Waals surface area contributed by atoms with Crippen molar-refractivity contribution in [3.8, 4) is 0 Å². The van der Waals surface area contributed by atoms with Crippen molar-refractivity contribution in [3.05, 3.63) is 0 Å². The molecule has 0 saturated carbocycles. The van der Waals surface area contributed by atoms with Gasteiger partial charge in [0.2, 0.25) is 0 Å². The molecule has 0 aliphatic heterocycles. The summed E-state index contributed by atoms with van der Waals surface area (Å²) < 4.78 is 0. The summed E-state index contributed by atoms with van der Waals surface area (Å²) >= 11 is 30.0. The summed E-state index contributed by atoms with van der Waals surface area (Å²) in [6, 6.07) is 0.716. The smallest absolute Gasteiger partial charge is 0.145 e. The predicted molar refractivity (Wildman–Crippen MR) is 88.2 cm³/mol. The normalized spacial score (nSPS) is 13.1. The predicted octanol–water partition coefficient (Wildman–Crippen LogP) is 6.78. The second-order valence-electron chi connectivity index (χ2n) is 4.43. The van der Waals surface area contributed by atoms with Gasteiger partial charge in [0.25, 0.3) is 6.21 Å². The first kappa shape index (κ1) is 18.9. The number of hydrogen-bond acceptors (Lipinski definition) is 0. The molecule has 0 radical (unpaired) electrons. The number of halogens is 5. The molecule has 0 saturated heterocycles. The van der Waals surface area contributed by atoms with E-state index in [1.54, 1.807) is 0 Å². The van der Waals surface area contributed by atoms with Gasteiger partial charge in [-0.2, -0.15) is 0 Å².